The summed E-state index contributed by atoms with van der Waals surface area (Å²) in [4.78, 5) is 0. The third-order valence-corrected chi connectivity index (χ3v) is 2.14. The summed E-state index contributed by atoms with van der Waals surface area (Å²) in [5.41, 5.74) is 1.08. The first-order valence-corrected chi connectivity index (χ1v) is 4.85. The normalized spacial score (nSPS) is 10.2. The molecular weight excluding hydrogens is 210 g/mol. The van der Waals surface area contributed by atoms with Crippen molar-refractivity contribution in [1.82, 2.24) is 0 Å². The molecule has 0 radical (unpaired) electrons. The summed E-state index contributed by atoms with van der Waals surface area (Å²) in [5, 5.41) is 0. The second-order valence-corrected chi connectivity index (χ2v) is 3.49. The molecule has 1 nitrogen and oxygen atoms in total. The summed E-state index contributed by atoms with van der Waals surface area (Å²) < 4.78 is 31.3. The third kappa shape index (κ3) is 2.37. The average Bonchev–Trinajstić information content (AvgIpc) is 2.27. The highest BCUT2D eigenvalue weighted by molar-refractivity contribution is 5.33. The van der Waals surface area contributed by atoms with Crippen molar-refractivity contribution in [2.24, 2.45) is 0 Å². The number of hydrogen-bond acceptors (Lipinski definition) is 1. The van der Waals surface area contributed by atoms with Gasteiger partial charge in [0, 0.05) is 6.07 Å². The molecule has 0 saturated carbocycles. The second kappa shape index (κ2) is 4.31. The maximum Gasteiger partial charge on any atom is 0.165 e. The van der Waals surface area contributed by atoms with E-state index in [1.807, 2.05) is 19.1 Å². The molecule has 3 heteroatoms. The van der Waals surface area contributed by atoms with Crippen LogP contribution in [-0.2, 0) is 0 Å². The summed E-state index contributed by atoms with van der Waals surface area (Å²) in [6, 6.07) is 10.2. The highest BCUT2D eigenvalue weighted by Gasteiger charge is 2.05. The van der Waals surface area contributed by atoms with Crippen molar-refractivity contribution in [3.05, 3.63) is 59.7 Å². The lowest BCUT2D eigenvalue weighted by Crippen LogP contribution is -1.89. The van der Waals surface area contributed by atoms with E-state index < -0.39 is 11.6 Å². The van der Waals surface area contributed by atoms with Gasteiger partial charge in [0.25, 0.3) is 0 Å². The molecular formula is C13H10F2O. The van der Waals surface area contributed by atoms with E-state index in [-0.39, 0.29) is 5.75 Å². The summed E-state index contributed by atoms with van der Waals surface area (Å²) in [7, 11) is 0. The van der Waals surface area contributed by atoms with Crippen LogP contribution in [0.1, 0.15) is 5.56 Å². The van der Waals surface area contributed by atoms with Crippen LogP contribution < -0.4 is 4.74 Å². The van der Waals surface area contributed by atoms with Gasteiger partial charge in [-0.15, -0.1) is 0 Å². The molecule has 0 spiro atoms. The molecule has 0 amide bonds. The Morgan fingerprint density at radius 1 is 0.938 bits per heavy atom. The van der Waals surface area contributed by atoms with E-state index in [4.69, 9.17) is 4.74 Å². The summed E-state index contributed by atoms with van der Waals surface area (Å²) in [6.45, 7) is 1.94. The van der Waals surface area contributed by atoms with Crippen molar-refractivity contribution in [3.63, 3.8) is 0 Å². The number of benzene rings is 2. The van der Waals surface area contributed by atoms with Gasteiger partial charge in [-0.3, -0.25) is 0 Å². The van der Waals surface area contributed by atoms with E-state index >= 15 is 0 Å². The quantitative estimate of drug-likeness (QED) is 0.741. The SMILES string of the molecule is Cc1ccc(Oc2cc(F)ccc2F)cc1. The first-order chi connectivity index (χ1) is 7.65. The third-order valence-electron chi connectivity index (χ3n) is 2.14. The molecule has 0 unspecified atom stereocenters. The van der Waals surface area contributed by atoms with E-state index in [0.717, 1.165) is 23.8 Å². The molecule has 0 aliphatic carbocycles. The van der Waals surface area contributed by atoms with Gasteiger partial charge in [-0.05, 0) is 31.2 Å². The average molecular weight is 220 g/mol. The number of ether oxygens (including phenoxy) is 1. The van der Waals surface area contributed by atoms with Crippen molar-refractivity contribution >= 4 is 0 Å². The molecule has 2 aromatic carbocycles. The van der Waals surface area contributed by atoms with Gasteiger partial charge in [0.2, 0.25) is 0 Å². The van der Waals surface area contributed by atoms with Gasteiger partial charge in [0.15, 0.2) is 11.6 Å². The minimum atomic E-state index is -0.582. The Morgan fingerprint density at radius 3 is 2.31 bits per heavy atom. The molecule has 0 saturated heterocycles. The molecule has 0 fully saturated rings. The number of hydrogen-bond donors (Lipinski definition) is 0. The van der Waals surface area contributed by atoms with Gasteiger partial charge in [0.05, 0.1) is 0 Å². The van der Waals surface area contributed by atoms with E-state index in [1.165, 1.54) is 0 Å². The monoisotopic (exact) mass is 220 g/mol. The van der Waals surface area contributed by atoms with Gasteiger partial charge in [-0.25, -0.2) is 8.78 Å². The molecule has 0 aliphatic rings. The van der Waals surface area contributed by atoms with Gasteiger partial charge in [-0.1, -0.05) is 17.7 Å². The van der Waals surface area contributed by atoms with E-state index in [0.29, 0.717) is 5.75 Å². The molecule has 0 N–H and O–H groups in total. The summed E-state index contributed by atoms with van der Waals surface area (Å²) in [5.74, 6) is -0.732. The van der Waals surface area contributed by atoms with Crippen LogP contribution in [0.3, 0.4) is 0 Å². The fourth-order valence-corrected chi connectivity index (χ4v) is 1.29. The Hall–Kier alpha value is -1.90. The Bertz CT molecular complexity index is 492. The smallest absolute Gasteiger partial charge is 0.165 e. The van der Waals surface area contributed by atoms with Crippen molar-refractivity contribution in [2.75, 3.05) is 0 Å². The number of rotatable bonds is 2. The molecule has 0 bridgehead atoms. The molecule has 0 heterocycles. The second-order valence-electron chi connectivity index (χ2n) is 3.49. The highest BCUT2D eigenvalue weighted by Crippen LogP contribution is 2.25. The van der Waals surface area contributed by atoms with Crippen molar-refractivity contribution < 1.29 is 13.5 Å². The molecule has 2 rings (SSSR count). The first kappa shape index (κ1) is 10.6. The summed E-state index contributed by atoms with van der Waals surface area (Å²) >= 11 is 0. The molecule has 16 heavy (non-hydrogen) atoms. The Labute approximate surface area is 92.3 Å². The zero-order valence-electron chi connectivity index (χ0n) is 8.71. The van der Waals surface area contributed by atoms with E-state index in [9.17, 15) is 8.78 Å². The van der Waals surface area contributed by atoms with Crippen LogP contribution in [-0.4, -0.2) is 0 Å². The van der Waals surface area contributed by atoms with Gasteiger partial charge in [0.1, 0.15) is 11.6 Å². The van der Waals surface area contributed by atoms with Crippen molar-refractivity contribution in [3.8, 4) is 11.5 Å². The zero-order valence-corrected chi connectivity index (χ0v) is 8.71. The van der Waals surface area contributed by atoms with Crippen LogP contribution in [0.2, 0.25) is 0 Å². The largest absolute Gasteiger partial charge is 0.454 e. The molecule has 2 aromatic rings. The van der Waals surface area contributed by atoms with Crippen molar-refractivity contribution in [1.29, 1.82) is 0 Å². The van der Waals surface area contributed by atoms with Crippen LogP contribution in [0.25, 0.3) is 0 Å². The molecule has 0 aromatic heterocycles. The Morgan fingerprint density at radius 2 is 1.62 bits per heavy atom. The lowest BCUT2D eigenvalue weighted by atomic mass is 10.2. The Kier molecular flexibility index (Phi) is 2.86. The van der Waals surface area contributed by atoms with Gasteiger partial charge in [-0.2, -0.15) is 0 Å². The fraction of sp³-hybridized carbons (Fsp3) is 0.0769. The van der Waals surface area contributed by atoms with Gasteiger partial charge < -0.3 is 4.74 Å². The predicted octanol–water partition coefficient (Wildman–Crippen LogP) is 4.07. The molecule has 82 valence electrons. The lowest BCUT2D eigenvalue weighted by Gasteiger charge is -2.06. The van der Waals surface area contributed by atoms with Crippen molar-refractivity contribution in [2.45, 2.75) is 6.92 Å². The van der Waals surface area contributed by atoms with Crippen LogP contribution in [0.15, 0.2) is 42.5 Å². The highest BCUT2D eigenvalue weighted by atomic mass is 19.1. The van der Waals surface area contributed by atoms with Crippen LogP contribution in [0, 0.1) is 18.6 Å². The predicted molar refractivity (Wildman–Crippen MR) is 57.6 cm³/mol. The number of aryl methyl sites for hydroxylation is 1. The Balaban J connectivity index is 2.26. The summed E-state index contributed by atoms with van der Waals surface area (Å²) in [6.07, 6.45) is 0. The van der Waals surface area contributed by atoms with Gasteiger partial charge >= 0.3 is 0 Å². The zero-order chi connectivity index (χ0) is 11.5. The lowest BCUT2D eigenvalue weighted by molar-refractivity contribution is 0.436. The van der Waals surface area contributed by atoms with Crippen LogP contribution in [0.5, 0.6) is 11.5 Å². The minimum absolute atomic E-state index is 0.108. The van der Waals surface area contributed by atoms with Crippen LogP contribution in [0.4, 0.5) is 8.78 Å². The molecule has 0 atom stereocenters. The minimum Gasteiger partial charge on any atom is -0.454 e. The van der Waals surface area contributed by atoms with E-state index in [2.05, 4.69) is 0 Å². The molecule has 0 aliphatic heterocycles. The maximum atomic E-state index is 13.2. The first-order valence-electron chi connectivity index (χ1n) is 4.85. The number of halogens is 2. The van der Waals surface area contributed by atoms with E-state index in [1.54, 1.807) is 12.1 Å². The fourth-order valence-electron chi connectivity index (χ4n) is 1.29. The topological polar surface area (TPSA) is 9.23 Å². The maximum absolute atomic E-state index is 13.2. The van der Waals surface area contributed by atoms with Crippen LogP contribution >= 0.6 is 0 Å². The standard InChI is InChI=1S/C13H10F2O/c1-9-2-5-11(6-3-9)16-13-8-10(14)4-7-12(13)15/h2-8H,1H3.